The highest BCUT2D eigenvalue weighted by Crippen LogP contribution is 2.41. The molecular formula is C24H18N2O2. The Morgan fingerprint density at radius 2 is 1.43 bits per heavy atom. The Kier molecular flexibility index (Phi) is 4.65. The van der Waals surface area contributed by atoms with Gasteiger partial charge in [-0.3, -0.25) is 0 Å². The Labute approximate surface area is 163 Å². The van der Waals surface area contributed by atoms with Gasteiger partial charge < -0.3 is 14.9 Å². The number of para-hydroxylation sites is 2. The van der Waals surface area contributed by atoms with E-state index in [1.807, 2.05) is 48.5 Å². The number of hydrogen-bond acceptors (Lipinski definition) is 2. The fourth-order valence-corrected chi connectivity index (χ4v) is 3.44. The zero-order chi connectivity index (χ0) is 19.5. The molecule has 0 aliphatic carbocycles. The molecule has 28 heavy (non-hydrogen) atoms. The molecule has 136 valence electrons. The number of carboxylic acids is 1. The Morgan fingerprint density at radius 3 is 1.93 bits per heavy atom. The quantitative estimate of drug-likeness (QED) is 0.481. The molecule has 0 saturated carbocycles. The third kappa shape index (κ3) is 3.26. The molecule has 0 fully saturated rings. The first kappa shape index (κ1) is 17.6. The molecule has 4 nitrogen and oxygen atoms in total. The van der Waals surface area contributed by atoms with Crippen LogP contribution in [0.1, 0.15) is 16.7 Å². The molecule has 1 atom stereocenters. The highest BCUT2D eigenvalue weighted by Gasteiger charge is 2.23. The minimum Gasteiger partial charge on any atom is -0.476 e. The van der Waals surface area contributed by atoms with Gasteiger partial charge in [-0.25, -0.2) is 11.4 Å². The lowest BCUT2D eigenvalue weighted by Crippen LogP contribution is -2.18. The maximum Gasteiger partial charge on any atom is 0.388 e. The molecule has 0 amide bonds. The van der Waals surface area contributed by atoms with Crippen LogP contribution in [-0.4, -0.2) is 17.1 Å². The summed E-state index contributed by atoms with van der Waals surface area (Å²) < 4.78 is 0. The SMILES string of the molecule is [C-]#[N+]C(Cc1ccc(N2c3ccccc3C=Cc3ccccc32)cc1)C(=O)O. The molecule has 1 N–H and O–H groups in total. The zero-order valence-corrected chi connectivity index (χ0v) is 15.1. The van der Waals surface area contributed by atoms with Crippen LogP contribution in [0.5, 0.6) is 0 Å². The fourth-order valence-electron chi connectivity index (χ4n) is 3.44. The van der Waals surface area contributed by atoms with E-state index in [2.05, 4.69) is 46.2 Å². The van der Waals surface area contributed by atoms with Crippen LogP contribution in [0.4, 0.5) is 17.1 Å². The third-order valence-electron chi connectivity index (χ3n) is 4.86. The van der Waals surface area contributed by atoms with Crippen molar-refractivity contribution in [2.24, 2.45) is 0 Å². The second-order valence-corrected chi connectivity index (χ2v) is 6.64. The van der Waals surface area contributed by atoms with Crippen LogP contribution in [0.25, 0.3) is 17.0 Å². The van der Waals surface area contributed by atoms with Crippen molar-refractivity contribution >= 4 is 35.2 Å². The molecule has 0 bridgehead atoms. The van der Waals surface area contributed by atoms with E-state index in [9.17, 15) is 4.79 Å². The summed E-state index contributed by atoms with van der Waals surface area (Å²) in [6.07, 6.45) is 4.44. The molecule has 3 aromatic carbocycles. The van der Waals surface area contributed by atoms with Gasteiger partial charge in [0.25, 0.3) is 0 Å². The first-order chi connectivity index (χ1) is 13.7. The van der Waals surface area contributed by atoms with Crippen molar-refractivity contribution in [1.29, 1.82) is 0 Å². The Morgan fingerprint density at radius 1 is 0.893 bits per heavy atom. The van der Waals surface area contributed by atoms with E-state index in [1.165, 1.54) is 0 Å². The van der Waals surface area contributed by atoms with E-state index in [1.54, 1.807) is 0 Å². The summed E-state index contributed by atoms with van der Waals surface area (Å²) in [5, 5.41) is 9.11. The molecule has 1 aliphatic heterocycles. The molecule has 0 saturated heterocycles. The van der Waals surface area contributed by atoms with Gasteiger partial charge in [0.05, 0.1) is 17.8 Å². The summed E-state index contributed by atoms with van der Waals surface area (Å²) in [7, 11) is 0. The van der Waals surface area contributed by atoms with Crippen molar-refractivity contribution in [1.82, 2.24) is 0 Å². The average Bonchev–Trinajstić information content (AvgIpc) is 2.89. The zero-order valence-electron chi connectivity index (χ0n) is 15.1. The number of carboxylic acid groups (broad SMARTS) is 1. The van der Waals surface area contributed by atoms with Gasteiger partial charge in [0.2, 0.25) is 0 Å². The van der Waals surface area contributed by atoms with E-state index >= 15 is 0 Å². The van der Waals surface area contributed by atoms with Crippen LogP contribution in [0.15, 0.2) is 72.8 Å². The average molecular weight is 366 g/mol. The monoisotopic (exact) mass is 366 g/mol. The molecule has 1 heterocycles. The fraction of sp³-hybridized carbons (Fsp3) is 0.0833. The minimum atomic E-state index is -1.08. The van der Waals surface area contributed by atoms with Gasteiger partial charge in [-0.1, -0.05) is 60.7 Å². The van der Waals surface area contributed by atoms with Crippen LogP contribution in [0, 0.1) is 6.57 Å². The Hall–Kier alpha value is -3.84. The van der Waals surface area contributed by atoms with Gasteiger partial charge in [0.15, 0.2) is 0 Å². The van der Waals surface area contributed by atoms with Crippen molar-refractivity contribution in [2.75, 3.05) is 4.90 Å². The van der Waals surface area contributed by atoms with Crippen LogP contribution in [0.3, 0.4) is 0 Å². The number of rotatable bonds is 4. The van der Waals surface area contributed by atoms with Crippen LogP contribution in [-0.2, 0) is 11.2 Å². The first-order valence-corrected chi connectivity index (χ1v) is 9.02. The molecule has 4 heteroatoms. The second-order valence-electron chi connectivity index (χ2n) is 6.64. The number of aliphatic carboxylic acids is 1. The largest absolute Gasteiger partial charge is 0.476 e. The summed E-state index contributed by atoms with van der Waals surface area (Å²) in [6.45, 7) is 7.06. The molecule has 1 aliphatic rings. The minimum absolute atomic E-state index is 0.202. The maximum atomic E-state index is 11.1. The van der Waals surface area contributed by atoms with Crippen molar-refractivity contribution in [3.05, 3.63) is 101 Å². The molecule has 0 radical (unpaired) electrons. The summed E-state index contributed by atoms with van der Waals surface area (Å²) in [5.41, 5.74) is 6.24. The number of carbonyl (C=O) groups is 1. The summed E-state index contributed by atoms with van der Waals surface area (Å²) in [4.78, 5) is 16.5. The van der Waals surface area contributed by atoms with E-state index in [-0.39, 0.29) is 6.42 Å². The molecule has 3 aromatic rings. The van der Waals surface area contributed by atoms with Crippen molar-refractivity contribution in [2.45, 2.75) is 12.5 Å². The van der Waals surface area contributed by atoms with Crippen LogP contribution in [0.2, 0.25) is 0 Å². The number of hydrogen-bond donors (Lipinski definition) is 1. The molecule has 4 rings (SSSR count). The number of fused-ring (bicyclic) bond motifs is 2. The van der Waals surface area contributed by atoms with Crippen LogP contribution < -0.4 is 4.90 Å². The topological polar surface area (TPSA) is 44.9 Å². The highest BCUT2D eigenvalue weighted by atomic mass is 16.4. The summed E-state index contributed by atoms with van der Waals surface area (Å²) in [6, 6.07) is 23.2. The van der Waals surface area contributed by atoms with Gasteiger partial charge in [-0.05, 0) is 41.0 Å². The normalized spacial score (nSPS) is 13.0. The number of anilines is 3. The van der Waals surface area contributed by atoms with Gasteiger partial charge in [0.1, 0.15) is 0 Å². The summed E-state index contributed by atoms with van der Waals surface area (Å²) >= 11 is 0. The standard InChI is InChI=1S/C24H18N2O2/c1-25-21(24(27)28)16-17-10-14-20(15-11-17)26-22-8-4-2-6-18(22)12-13-19-7-3-5-9-23(19)26/h2-15,21H,16H2,(H,27,28). The lowest BCUT2D eigenvalue weighted by atomic mass is 10.0. The summed E-state index contributed by atoms with van der Waals surface area (Å²) in [5.74, 6) is -1.08. The predicted molar refractivity (Wildman–Crippen MR) is 112 cm³/mol. The molecule has 1 unspecified atom stereocenters. The van der Waals surface area contributed by atoms with Crippen molar-refractivity contribution in [3.8, 4) is 0 Å². The number of nitrogens with zero attached hydrogens (tertiary/aromatic N) is 2. The molecular weight excluding hydrogens is 348 g/mol. The third-order valence-corrected chi connectivity index (χ3v) is 4.86. The second kappa shape index (κ2) is 7.42. The first-order valence-electron chi connectivity index (χ1n) is 9.02. The van der Waals surface area contributed by atoms with Gasteiger partial charge >= 0.3 is 12.0 Å². The van der Waals surface area contributed by atoms with Gasteiger partial charge in [0, 0.05) is 5.69 Å². The van der Waals surface area contributed by atoms with Crippen molar-refractivity contribution in [3.63, 3.8) is 0 Å². The lowest BCUT2D eigenvalue weighted by molar-refractivity contribution is -0.137. The Bertz CT molecular complexity index is 1040. The van der Waals surface area contributed by atoms with E-state index < -0.39 is 12.0 Å². The molecule has 0 spiro atoms. The van der Waals surface area contributed by atoms with Crippen molar-refractivity contribution < 1.29 is 9.90 Å². The van der Waals surface area contributed by atoms with E-state index in [4.69, 9.17) is 11.7 Å². The van der Waals surface area contributed by atoms with Gasteiger partial charge in [-0.15, -0.1) is 0 Å². The van der Waals surface area contributed by atoms with Gasteiger partial charge in [-0.2, -0.15) is 0 Å². The van der Waals surface area contributed by atoms with E-state index in [0.717, 1.165) is 33.8 Å². The maximum absolute atomic E-state index is 11.1. The van der Waals surface area contributed by atoms with Crippen LogP contribution >= 0.6 is 0 Å². The number of benzene rings is 3. The highest BCUT2D eigenvalue weighted by molar-refractivity contribution is 5.93. The molecule has 0 aromatic heterocycles. The predicted octanol–water partition coefficient (Wildman–Crippen LogP) is 5.56. The Balaban J connectivity index is 1.76. The van der Waals surface area contributed by atoms with E-state index in [0.29, 0.717) is 0 Å². The smallest absolute Gasteiger partial charge is 0.388 e. The lowest BCUT2D eigenvalue weighted by Gasteiger charge is -2.27.